The Kier molecular flexibility index (Phi) is 6.17. The number of thiocarbonyl (C=S) groups is 1. The number of nitrogens with zero attached hydrogens (tertiary/aromatic N) is 1. The van der Waals surface area contributed by atoms with Crippen LogP contribution >= 0.6 is 12.2 Å². The molecule has 4 nitrogen and oxygen atoms in total. The first kappa shape index (κ1) is 16.7. The van der Waals surface area contributed by atoms with Crippen LogP contribution < -0.4 is 10.6 Å². The first-order valence-corrected chi connectivity index (χ1v) is 8.12. The van der Waals surface area contributed by atoms with E-state index in [1.807, 2.05) is 24.3 Å². The molecule has 22 heavy (non-hydrogen) atoms. The van der Waals surface area contributed by atoms with E-state index in [9.17, 15) is 0 Å². The van der Waals surface area contributed by atoms with Gasteiger partial charge in [0.25, 0.3) is 0 Å². The van der Waals surface area contributed by atoms with Crippen LogP contribution in [0.2, 0.25) is 0 Å². The third-order valence-electron chi connectivity index (χ3n) is 4.22. The highest BCUT2D eigenvalue weighted by Gasteiger charge is 2.33. The van der Waals surface area contributed by atoms with Crippen LogP contribution in [0.4, 0.5) is 5.69 Å². The lowest BCUT2D eigenvalue weighted by Gasteiger charge is -2.31. The minimum absolute atomic E-state index is 0.0703. The summed E-state index contributed by atoms with van der Waals surface area (Å²) in [4.78, 5) is 0. The molecule has 1 saturated carbocycles. The van der Waals surface area contributed by atoms with Gasteiger partial charge in [0.15, 0.2) is 5.11 Å². The molecule has 0 spiro atoms. The zero-order valence-corrected chi connectivity index (χ0v) is 13.8. The summed E-state index contributed by atoms with van der Waals surface area (Å²) in [5.74, 6) is 0. The van der Waals surface area contributed by atoms with Crippen molar-refractivity contribution in [3.8, 4) is 6.07 Å². The summed E-state index contributed by atoms with van der Waals surface area (Å²) in [5.41, 5.74) is 2.03. The number of hydrogen-bond acceptors (Lipinski definition) is 3. The minimum atomic E-state index is 0.0703. The van der Waals surface area contributed by atoms with Crippen LogP contribution in [0.5, 0.6) is 0 Å². The van der Waals surface area contributed by atoms with Crippen molar-refractivity contribution in [2.45, 2.75) is 44.1 Å². The Morgan fingerprint density at radius 2 is 2.00 bits per heavy atom. The number of anilines is 1. The summed E-state index contributed by atoms with van der Waals surface area (Å²) in [7, 11) is 1.74. The average Bonchev–Trinajstić information content (AvgIpc) is 2.96. The lowest BCUT2D eigenvalue weighted by atomic mass is 9.94. The molecule has 0 bridgehead atoms. The molecule has 1 aliphatic carbocycles. The van der Waals surface area contributed by atoms with Gasteiger partial charge in [0.1, 0.15) is 0 Å². The van der Waals surface area contributed by atoms with Crippen molar-refractivity contribution < 1.29 is 4.74 Å². The van der Waals surface area contributed by atoms with Crippen molar-refractivity contribution in [1.29, 1.82) is 5.26 Å². The molecule has 5 heteroatoms. The Morgan fingerprint density at radius 3 is 2.59 bits per heavy atom. The lowest BCUT2D eigenvalue weighted by Crippen LogP contribution is -2.48. The summed E-state index contributed by atoms with van der Waals surface area (Å²) in [6, 6.07) is 9.96. The second-order valence-corrected chi connectivity index (χ2v) is 6.25. The van der Waals surface area contributed by atoms with Gasteiger partial charge < -0.3 is 15.4 Å². The van der Waals surface area contributed by atoms with Crippen molar-refractivity contribution in [3.05, 3.63) is 29.8 Å². The zero-order valence-electron chi connectivity index (χ0n) is 13.0. The van der Waals surface area contributed by atoms with Gasteiger partial charge in [-0.15, -0.1) is 0 Å². The quantitative estimate of drug-likeness (QED) is 0.788. The van der Waals surface area contributed by atoms with Gasteiger partial charge in [0, 0.05) is 24.9 Å². The maximum Gasteiger partial charge on any atom is 0.171 e. The highest BCUT2D eigenvalue weighted by molar-refractivity contribution is 7.80. The lowest BCUT2D eigenvalue weighted by molar-refractivity contribution is 0.163. The minimum Gasteiger partial charge on any atom is -0.385 e. The van der Waals surface area contributed by atoms with Gasteiger partial charge in [-0.05, 0) is 49.2 Å². The first-order valence-electron chi connectivity index (χ1n) is 7.71. The fourth-order valence-electron chi connectivity index (χ4n) is 2.99. The number of rotatable bonds is 6. The normalized spacial score (nSPS) is 16.0. The predicted molar refractivity (Wildman–Crippen MR) is 92.8 cm³/mol. The van der Waals surface area contributed by atoms with E-state index in [2.05, 4.69) is 16.7 Å². The average molecular weight is 317 g/mol. The number of benzene rings is 1. The molecule has 2 rings (SSSR count). The van der Waals surface area contributed by atoms with E-state index >= 15 is 0 Å². The summed E-state index contributed by atoms with van der Waals surface area (Å²) in [5, 5.41) is 16.1. The van der Waals surface area contributed by atoms with E-state index in [1.54, 1.807) is 7.11 Å². The van der Waals surface area contributed by atoms with Crippen LogP contribution in [0.3, 0.4) is 0 Å². The third-order valence-corrected chi connectivity index (χ3v) is 4.42. The van der Waals surface area contributed by atoms with Gasteiger partial charge in [-0.3, -0.25) is 0 Å². The summed E-state index contributed by atoms with van der Waals surface area (Å²) in [6.45, 7) is 0.748. The summed E-state index contributed by atoms with van der Waals surface area (Å²) < 4.78 is 5.23. The van der Waals surface area contributed by atoms with Gasteiger partial charge >= 0.3 is 0 Å². The molecule has 0 saturated heterocycles. The number of methoxy groups -OCH3 is 1. The zero-order chi connectivity index (χ0) is 15.8. The van der Waals surface area contributed by atoms with Gasteiger partial charge in [0.2, 0.25) is 0 Å². The van der Waals surface area contributed by atoms with Crippen molar-refractivity contribution in [3.63, 3.8) is 0 Å². The molecule has 0 amide bonds. The molecular weight excluding hydrogens is 294 g/mol. The standard InChI is InChI=1S/C17H23N3OS/c1-21-13-11-17(9-2-3-10-17)20-16(22)19-15-6-4-14(5-7-15)8-12-18/h4-7H,2-3,8-11,13H2,1H3,(H2,19,20,22). The van der Waals surface area contributed by atoms with Crippen molar-refractivity contribution in [1.82, 2.24) is 5.32 Å². The summed E-state index contributed by atoms with van der Waals surface area (Å²) in [6.07, 6.45) is 6.17. The highest BCUT2D eigenvalue weighted by Crippen LogP contribution is 2.32. The molecule has 1 aromatic carbocycles. The van der Waals surface area contributed by atoms with Gasteiger partial charge in [-0.2, -0.15) is 5.26 Å². The highest BCUT2D eigenvalue weighted by atomic mass is 32.1. The smallest absolute Gasteiger partial charge is 0.171 e. The third kappa shape index (κ3) is 4.69. The Morgan fingerprint density at radius 1 is 1.32 bits per heavy atom. The second kappa shape index (κ2) is 8.11. The fourth-order valence-corrected chi connectivity index (χ4v) is 3.32. The van der Waals surface area contributed by atoms with Crippen LogP contribution in [0, 0.1) is 11.3 Å². The first-order chi connectivity index (χ1) is 10.7. The second-order valence-electron chi connectivity index (χ2n) is 5.84. The van der Waals surface area contributed by atoms with Crippen molar-refractivity contribution >= 4 is 23.0 Å². The molecule has 1 aliphatic rings. The van der Waals surface area contributed by atoms with E-state index in [1.165, 1.54) is 12.8 Å². The molecule has 1 aromatic rings. The Bertz CT molecular complexity index is 530. The molecule has 2 N–H and O–H groups in total. The van der Waals surface area contributed by atoms with Crippen LogP contribution in [-0.4, -0.2) is 24.4 Å². The van der Waals surface area contributed by atoms with E-state index in [0.717, 1.165) is 37.1 Å². The Labute approximate surface area is 137 Å². The van der Waals surface area contributed by atoms with Crippen LogP contribution in [0.25, 0.3) is 0 Å². The molecule has 118 valence electrons. The van der Waals surface area contributed by atoms with Gasteiger partial charge in [-0.25, -0.2) is 0 Å². The number of hydrogen-bond donors (Lipinski definition) is 2. The SMILES string of the molecule is COCCC1(NC(=S)Nc2ccc(CC#N)cc2)CCCC1. The topological polar surface area (TPSA) is 57.1 Å². The van der Waals surface area contributed by atoms with Gasteiger partial charge in [0.05, 0.1) is 12.5 Å². The molecular formula is C17H23N3OS. The number of nitriles is 1. The van der Waals surface area contributed by atoms with E-state index in [4.69, 9.17) is 22.2 Å². The predicted octanol–water partition coefficient (Wildman–Crippen LogP) is 3.39. The molecule has 0 aliphatic heterocycles. The van der Waals surface area contributed by atoms with Gasteiger partial charge in [-0.1, -0.05) is 25.0 Å². The molecule has 0 atom stereocenters. The number of ether oxygens (including phenoxy) is 1. The van der Waals surface area contributed by atoms with Crippen molar-refractivity contribution in [2.24, 2.45) is 0 Å². The maximum absolute atomic E-state index is 8.69. The molecule has 0 unspecified atom stereocenters. The fraction of sp³-hybridized carbons (Fsp3) is 0.529. The maximum atomic E-state index is 8.69. The Balaban J connectivity index is 1.92. The summed E-state index contributed by atoms with van der Waals surface area (Å²) >= 11 is 5.46. The molecule has 0 heterocycles. The van der Waals surface area contributed by atoms with E-state index < -0.39 is 0 Å². The van der Waals surface area contributed by atoms with Crippen LogP contribution in [0.1, 0.15) is 37.7 Å². The van der Waals surface area contributed by atoms with Crippen LogP contribution in [-0.2, 0) is 11.2 Å². The van der Waals surface area contributed by atoms with E-state index in [0.29, 0.717) is 11.5 Å². The monoisotopic (exact) mass is 317 g/mol. The van der Waals surface area contributed by atoms with E-state index in [-0.39, 0.29) is 5.54 Å². The molecule has 1 fully saturated rings. The largest absolute Gasteiger partial charge is 0.385 e. The van der Waals surface area contributed by atoms with Crippen LogP contribution in [0.15, 0.2) is 24.3 Å². The number of nitrogens with one attached hydrogen (secondary N) is 2. The van der Waals surface area contributed by atoms with Crippen molar-refractivity contribution in [2.75, 3.05) is 19.0 Å². The molecule has 0 aromatic heterocycles. The molecule has 0 radical (unpaired) electrons. The Hall–Kier alpha value is -1.64.